The lowest BCUT2D eigenvalue weighted by Gasteiger charge is -2.30. The first-order valence-electron chi connectivity index (χ1n) is 9.32. The summed E-state index contributed by atoms with van der Waals surface area (Å²) in [4.78, 5) is 15.2. The molecule has 0 bridgehead atoms. The number of hydrogen-bond acceptors (Lipinski definition) is 2. The minimum atomic E-state index is -0.212. The highest BCUT2D eigenvalue weighted by Gasteiger charge is 2.27. The van der Waals surface area contributed by atoms with Gasteiger partial charge in [0.15, 0.2) is 0 Å². The molecule has 2 heterocycles. The van der Waals surface area contributed by atoms with Crippen molar-refractivity contribution in [1.29, 1.82) is 0 Å². The Kier molecular flexibility index (Phi) is 4.19. The van der Waals surface area contributed by atoms with E-state index in [1.54, 1.807) is 11.0 Å². The highest BCUT2D eigenvalue weighted by atomic mass is 16.4. The van der Waals surface area contributed by atoms with Gasteiger partial charge in [-0.2, -0.15) is 0 Å². The zero-order chi connectivity index (χ0) is 16.7. The van der Waals surface area contributed by atoms with E-state index in [0.717, 1.165) is 35.9 Å². The van der Waals surface area contributed by atoms with Gasteiger partial charge in [-0.05, 0) is 42.5 Å². The number of piperidine rings is 1. The molecular formula is C20H28N2O2+2. The molecule has 2 N–H and O–H groups in total. The highest BCUT2D eigenvalue weighted by molar-refractivity contribution is 5.82. The van der Waals surface area contributed by atoms with Crippen LogP contribution in [0.2, 0.25) is 0 Å². The zero-order valence-electron chi connectivity index (χ0n) is 14.8. The van der Waals surface area contributed by atoms with Gasteiger partial charge in [0.25, 0.3) is 0 Å². The van der Waals surface area contributed by atoms with Crippen molar-refractivity contribution in [3.05, 3.63) is 45.3 Å². The van der Waals surface area contributed by atoms with Crippen LogP contribution in [0, 0.1) is 0 Å². The van der Waals surface area contributed by atoms with Gasteiger partial charge < -0.3 is 14.2 Å². The van der Waals surface area contributed by atoms with E-state index in [0.29, 0.717) is 6.04 Å². The molecule has 128 valence electrons. The van der Waals surface area contributed by atoms with Crippen LogP contribution < -0.4 is 15.4 Å². The van der Waals surface area contributed by atoms with Crippen LogP contribution in [0.25, 0.3) is 11.0 Å². The number of likely N-dealkylation sites (tertiary alicyclic amines) is 1. The minimum Gasteiger partial charge on any atom is -0.423 e. The summed E-state index contributed by atoms with van der Waals surface area (Å²) in [5, 5.41) is 1.15. The van der Waals surface area contributed by atoms with Crippen molar-refractivity contribution in [1.82, 2.24) is 0 Å². The molecule has 0 spiro atoms. The fraction of sp³-hybridized carbons (Fsp3) is 0.550. The van der Waals surface area contributed by atoms with Crippen LogP contribution in [-0.4, -0.2) is 33.2 Å². The maximum Gasteiger partial charge on any atom is 0.336 e. The van der Waals surface area contributed by atoms with Crippen LogP contribution in [0.5, 0.6) is 0 Å². The predicted octanol–water partition coefficient (Wildman–Crippen LogP) is -0.0265. The summed E-state index contributed by atoms with van der Waals surface area (Å²) in [5.74, 6) is 0. The lowest BCUT2D eigenvalue weighted by molar-refractivity contribution is -0.948. The molecule has 2 aromatic rings. The van der Waals surface area contributed by atoms with E-state index in [1.807, 2.05) is 0 Å². The Morgan fingerprint density at radius 3 is 2.62 bits per heavy atom. The second kappa shape index (κ2) is 6.34. The molecule has 4 heteroatoms. The van der Waals surface area contributed by atoms with Crippen LogP contribution in [0.15, 0.2) is 27.4 Å². The molecule has 0 radical (unpaired) electrons. The van der Waals surface area contributed by atoms with E-state index in [1.165, 1.54) is 48.4 Å². The van der Waals surface area contributed by atoms with Crippen LogP contribution in [0.4, 0.5) is 0 Å². The van der Waals surface area contributed by atoms with E-state index in [-0.39, 0.29) is 5.63 Å². The normalized spacial score (nSPS) is 24.9. The standard InChI is InChI=1S/C20H26N2O2/c1-21-8-6-17(7-9-21)22(2)13-16-12-20(23)24-19-11-15-5-3-4-14(15)10-18(16)19/h10-12,17H,3-9,13H2,1-2H3/p+2. The van der Waals surface area contributed by atoms with Crippen molar-refractivity contribution in [2.24, 2.45) is 0 Å². The third-order valence-corrected chi connectivity index (χ3v) is 6.05. The Hall–Kier alpha value is -1.65. The summed E-state index contributed by atoms with van der Waals surface area (Å²) in [6, 6.07) is 6.80. The van der Waals surface area contributed by atoms with Crippen LogP contribution in [0.3, 0.4) is 0 Å². The molecule has 2 aliphatic rings. The van der Waals surface area contributed by atoms with Crippen molar-refractivity contribution in [2.75, 3.05) is 27.2 Å². The third kappa shape index (κ3) is 3.01. The van der Waals surface area contributed by atoms with Crippen molar-refractivity contribution in [3.8, 4) is 0 Å². The quantitative estimate of drug-likeness (QED) is 0.777. The number of benzene rings is 1. The average Bonchev–Trinajstić information content (AvgIpc) is 3.00. The minimum absolute atomic E-state index is 0.212. The molecule has 1 aromatic heterocycles. The van der Waals surface area contributed by atoms with E-state index in [4.69, 9.17) is 4.42 Å². The van der Waals surface area contributed by atoms with Crippen molar-refractivity contribution in [3.63, 3.8) is 0 Å². The van der Waals surface area contributed by atoms with Gasteiger partial charge >= 0.3 is 5.63 Å². The molecule has 1 fully saturated rings. The topological polar surface area (TPSA) is 39.1 Å². The first-order chi connectivity index (χ1) is 11.6. The van der Waals surface area contributed by atoms with Gasteiger partial charge in [0.2, 0.25) is 0 Å². The molecule has 0 amide bonds. The second-order valence-corrected chi connectivity index (χ2v) is 7.82. The van der Waals surface area contributed by atoms with E-state index in [9.17, 15) is 4.79 Å². The fourth-order valence-electron chi connectivity index (χ4n) is 4.49. The van der Waals surface area contributed by atoms with Crippen molar-refractivity contribution >= 4 is 11.0 Å². The molecule has 1 saturated heterocycles. The van der Waals surface area contributed by atoms with Gasteiger partial charge in [-0.1, -0.05) is 0 Å². The molecule has 24 heavy (non-hydrogen) atoms. The largest absolute Gasteiger partial charge is 0.423 e. The first-order valence-corrected chi connectivity index (χ1v) is 9.32. The fourth-order valence-corrected chi connectivity index (χ4v) is 4.49. The molecule has 1 atom stereocenters. The molecule has 1 aromatic carbocycles. The van der Waals surface area contributed by atoms with Gasteiger partial charge in [0.1, 0.15) is 12.1 Å². The third-order valence-electron chi connectivity index (χ3n) is 6.05. The summed E-state index contributed by atoms with van der Waals surface area (Å²) in [6.07, 6.45) is 6.03. The van der Waals surface area contributed by atoms with E-state index in [2.05, 4.69) is 26.2 Å². The van der Waals surface area contributed by atoms with Gasteiger partial charge in [-0.15, -0.1) is 0 Å². The number of quaternary nitrogens is 2. The summed E-state index contributed by atoms with van der Waals surface area (Å²) in [5.41, 5.74) is 4.52. The van der Waals surface area contributed by atoms with Gasteiger partial charge in [-0.3, -0.25) is 0 Å². The number of fused-ring (bicyclic) bond motifs is 2. The summed E-state index contributed by atoms with van der Waals surface area (Å²) in [7, 11) is 4.56. The average molecular weight is 328 g/mol. The lowest BCUT2D eigenvalue weighted by Crippen LogP contribution is -3.17. The van der Waals surface area contributed by atoms with Gasteiger partial charge in [-0.25, -0.2) is 4.79 Å². The lowest BCUT2D eigenvalue weighted by atomic mass is 10.0. The Labute approximate surface area is 143 Å². The van der Waals surface area contributed by atoms with Crippen LogP contribution in [-0.2, 0) is 19.4 Å². The van der Waals surface area contributed by atoms with E-state index >= 15 is 0 Å². The zero-order valence-corrected chi connectivity index (χ0v) is 14.8. The number of hydrogen-bond donors (Lipinski definition) is 2. The Balaban J connectivity index is 1.64. The monoisotopic (exact) mass is 328 g/mol. The SMILES string of the molecule is C[NH+]1CCC([NH+](C)Cc2cc(=O)oc3cc4c(cc23)CCC4)CC1. The molecule has 1 aliphatic carbocycles. The van der Waals surface area contributed by atoms with Crippen LogP contribution in [0.1, 0.15) is 36.0 Å². The summed E-state index contributed by atoms with van der Waals surface area (Å²) >= 11 is 0. The molecule has 1 aliphatic heterocycles. The maximum absolute atomic E-state index is 12.0. The van der Waals surface area contributed by atoms with Gasteiger partial charge in [0, 0.05) is 29.9 Å². The summed E-state index contributed by atoms with van der Waals surface area (Å²) in [6.45, 7) is 3.42. The van der Waals surface area contributed by atoms with Gasteiger partial charge in [0.05, 0.1) is 33.2 Å². The number of rotatable bonds is 3. The first kappa shape index (κ1) is 15.9. The number of nitrogens with one attached hydrogen (secondary N) is 2. The molecule has 4 rings (SSSR count). The maximum atomic E-state index is 12.0. The van der Waals surface area contributed by atoms with Crippen molar-refractivity contribution < 1.29 is 14.2 Å². The molecule has 4 nitrogen and oxygen atoms in total. The predicted molar refractivity (Wildman–Crippen MR) is 94.7 cm³/mol. The highest BCUT2D eigenvalue weighted by Crippen LogP contribution is 2.28. The molecule has 0 saturated carbocycles. The second-order valence-electron chi connectivity index (χ2n) is 7.82. The van der Waals surface area contributed by atoms with Crippen LogP contribution >= 0.6 is 0 Å². The smallest absolute Gasteiger partial charge is 0.336 e. The Morgan fingerprint density at radius 2 is 1.88 bits per heavy atom. The number of aryl methyl sites for hydroxylation is 2. The Morgan fingerprint density at radius 1 is 1.17 bits per heavy atom. The molecule has 1 unspecified atom stereocenters. The van der Waals surface area contributed by atoms with E-state index < -0.39 is 0 Å². The van der Waals surface area contributed by atoms with Crippen molar-refractivity contribution in [2.45, 2.75) is 44.7 Å². The molecular weight excluding hydrogens is 300 g/mol. The Bertz CT molecular complexity index is 803. The summed E-state index contributed by atoms with van der Waals surface area (Å²) < 4.78 is 5.50.